The highest BCUT2D eigenvalue weighted by molar-refractivity contribution is 5.84. The van der Waals surface area contributed by atoms with E-state index in [-0.39, 0.29) is 11.9 Å². The van der Waals surface area contributed by atoms with Gasteiger partial charge in [-0.15, -0.1) is 0 Å². The van der Waals surface area contributed by atoms with Crippen LogP contribution in [0.2, 0.25) is 0 Å². The van der Waals surface area contributed by atoms with E-state index in [9.17, 15) is 4.79 Å². The van der Waals surface area contributed by atoms with Crippen molar-refractivity contribution in [1.29, 1.82) is 0 Å². The molecule has 1 unspecified atom stereocenters. The molecule has 0 aromatic carbocycles. The molecule has 0 aliphatic heterocycles. The van der Waals surface area contributed by atoms with E-state index < -0.39 is 0 Å². The summed E-state index contributed by atoms with van der Waals surface area (Å²) in [4.78, 5) is 11.8. The van der Waals surface area contributed by atoms with E-state index in [1.807, 2.05) is 23.9 Å². The minimum Gasteiger partial charge on any atom is -0.374 e. The average molecular weight is 224 g/mol. The van der Waals surface area contributed by atoms with Crippen LogP contribution in [0.25, 0.3) is 0 Å². The van der Waals surface area contributed by atoms with Crippen molar-refractivity contribution in [2.45, 2.75) is 45.8 Å². The van der Waals surface area contributed by atoms with Crippen LogP contribution in [0.5, 0.6) is 0 Å². The van der Waals surface area contributed by atoms with Crippen molar-refractivity contribution in [1.82, 2.24) is 9.78 Å². The maximum Gasteiger partial charge on any atom is 0.167 e. The molecule has 0 aliphatic carbocycles. The van der Waals surface area contributed by atoms with Crippen LogP contribution >= 0.6 is 0 Å². The fraction of sp³-hybridized carbons (Fsp3) is 0.667. The number of ether oxygens (including phenoxy) is 1. The predicted molar refractivity (Wildman–Crippen MR) is 62.4 cm³/mol. The Balaban J connectivity index is 2.62. The number of rotatable bonds is 6. The summed E-state index contributed by atoms with van der Waals surface area (Å²) in [5.74, 6) is 0.0963. The van der Waals surface area contributed by atoms with Gasteiger partial charge in [-0.05, 0) is 26.3 Å². The van der Waals surface area contributed by atoms with Gasteiger partial charge in [0, 0.05) is 19.3 Å². The molecule has 0 radical (unpaired) electrons. The number of hydrogen-bond donors (Lipinski definition) is 0. The zero-order chi connectivity index (χ0) is 12.1. The van der Waals surface area contributed by atoms with Crippen LogP contribution < -0.4 is 0 Å². The van der Waals surface area contributed by atoms with Crippen LogP contribution in [-0.4, -0.2) is 28.8 Å². The zero-order valence-corrected chi connectivity index (χ0v) is 10.4. The van der Waals surface area contributed by atoms with Gasteiger partial charge in [0.2, 0.25) is 0 Å². The number of ketones is 1. The van der Waals surface area contributed by atoms with Gasteiger partial charge in [0.1, 0.15) is 6.10 Å². The minimum absolute atomic E-state index is 0.0963. The molecule has 1 aromatic heterocycles. The number of aromatic nitrogens is 2. The first-order valence-electron chi connectivity index (χ1n) is 5.68. The Bertz CT molecular complexity index is 341. The van der Waals surface area contributed by atoms with Gasteiger partial charge in [0.25, 0.3) is 0 Å². The number of carbonyl (C=O) groups is 1. The van der Waals surface area contributed by atoms with Crippen molar-refractivity contribution in [2.75, 3.05) is 7.11 Å². The van der Waals surface area contributed by atoms with E-state index in [0.717, 1.165) is 5.69 Å². The summed E-state index contributed by atoms with van der Waals surface area (Å²) >= 11 is 0. The summed E-state index contributed by atoms with van der Waals surface area (Å²) in [5.41, 5.74) is 0.814. The normalized spacial score (nSPS) is 13.1. The summed E-state index contributed by atoms with van der Waals surface area (Å²) in [6, 6.07) is 2.22. The van der Waals surface area contributed by atoms with E-state index >= 15 is 0 Å². The second kappa shape index (κ2) is 5.80. The SMILES string of the molecule is CCC(OC)C(=O)Cc1ccn(C(C)C)n1. The zero-order valence-electron chi connectivity index (χ0n) is 10.4. The summed E-state index contributed by atoms with van der Waals surface area (Å²) in [6.07, 6.45) is 2.66. The highest BCUT2D eigenvalue weighted by Gasteiger charge is 2.17. The van der Waals surface area contributed by atoms with Crippen molar-refractivity contribution in [3.8, 4) is 0 Å². The third kappa shape index (κ3) is 3.17. The van der Waals surface area contributed by atoms with E-state index in [0.29, 0.717) is 18.9 Å². The number of Topliss-reactive ketones (excluding diaryl/α,β-unsaturated/α-hetero) is 1. The molecule has 0 N–H and O–H groups in total. The first kappa shape index (κ1) is 12.9. The molecule has 0 aliphatic rings. The molecule has 0 saturated carbocycles. The van der Waals surface area contributed by atoms with E-state index in [2.05, 4.69) is 18.9 Å². The second-order valence-corrected chi connectivity index (χ2v) is 4.16. The number of methoxy groups -OCH3 is 1. The maximum atomic E-state index is 11.8. The molecule has 16 heavy (non-hydrogen) atoms. The van der Waals surface area contributed by atoms with Gasteiger partial charge in [-0.3, -0.25) is 9.48 Å². The Morgan fingerprint density at radius 2 is 2.25 bits per heavy atom. The Morgan fingerprint density at radius 3 is 2.69 bits per heavy atom. The lowest BCUT2D eigenvalue weighted by Crippen LogP contribution is -2.24. The maximum absolute atomic E-state index is 11.8. The summed E-state index contributed by atoms with van der Waals surface area (Å²) in [7, 11) is 1.57. The Kier molecular flexibility index (Phi) is 4.68. The van der Waals surface area contributed by atoms with Gasteiger partial charge < -0.3 is 4.74 Å². The van der Waals surface area contributed by atoms with E-state index in [4.69, 9.17) is 4.74 Å². The lowest BCUT2D eigenvalue weighted by molar-refractivity contribution is -0.128. The van der Waals surface area contributed by atoms with Gasteiger partial charge in [-0.1, -0.05) is 6.92 Å². The van der Waals surface area contributed by atoms with Crippen molar-refractivity contribution in [3.05, 3.63) is 18.0 Å². The standard InChI is InChI=1S/C12H20N2O2/c1-5-12(16-4)11(15)8-10-6-7-14(13-10)9(2)3/h6-7,9,12H,5,8H2,1-4H3. The quantitative estimate of drug-likeness (QED) is 0.742. The van der Waals surface area contributed by atoms with Gasteiger partial charge in [-0.25, -0.2) is 0 Å². The third-order valence-corrected chi connectivity index (χ3v) is 2.56. The summed E-state index contributed by atoms with van der Waals surface area (Å²) in [5, 5.41) is 4.34. The van der Waals surface area contributed by atoms with Gasteiger partial charge in [-0.2, -0.15) is 5.10 Å². The molecule has 0 bridgehead atoms. The molecular formula is C12H20N2O2. The fourth-order valence-electron chi connectivity index (χ4n) is 1.58. The molecular weight excluding hydrogens is 204 g/mol. The van der Waals surface area contributed by atoms with Gasteiger partial charge in [0.05, 0.1) is 12.1 Å². The Labute approximate surface area is 96.6 Å². The number of carbonyl (C=O) groups excluding carboxylic acids is 1. The summed E-state index contributed by atoms with van der Waals surface area (Å²) < 4.78 is 6.96. The molecule has 0 spiro atoms. The molecule has 1 atom stereocenters. The van der Waals surface area contributed by atoms with Crippen LogP contribution in [0.1, 0.15) is 38.9 Å². The van der Waals surface area contributed by atoms with E-state index in [1.165, 1.54) is 0 Å². The minimum atomic E-state index is -0.302. The molecule has 4 heteroatoms. The monoisotopic (exact) mass is 224 g/mol. The lowest BCUT2D eigenvalue weighted by Gasteiger charge is -2.10. The molecule has 0 saturated heterocycles. The molecule has 90 valence electrons. The van der Waals surface area contributed by atoms with Crippen molar-refractivity contribution in [3.63, 3.8) is 0 Å². The fourth-order valence-corrected chi connectivity index (χ4v) is 1.58. The Morgan fingerprint density at radius 1 is 1.56 bits per heavy atom. The molecule has 1 heterocycles. The first-order chi connectivity index (χ1) is 7.58. The highest BCUT2D eigenvalue weighted by Crippen LogP contribution is 2.07. The van der Waals surface area contributed by atoms with Crippen molar-refractivity contribution < 1.29 is 9.53 Å². The van der Waals surface area contributed by atoms with Crippen LogP contribution in [0.4, 0.5) is 0 Å². The second-order valence-electron chi connectivity index (χ2n) is 4.16. The molecule has 1 rings (SSSR count). The van der Waals surface area contributed by atoms with Crippen molar-refractivity contribution in [2.24, 2.45) is 0 Å². The molecule has 4 nitrogen and oxygen atoms in total. The highest BCUT2D eigenvalue weighted by atomic mass is 16.5. The van der Waals surface area contributed by atoms with Gasteiger partial charge >= 0.3 is 0 Å². The average Bonchev–Trinajstić information content (AvgIpc) is 2.68. The molecule has 1 aromatic rings. The molecule has 0 amide bonds. The number of nitrogens with zero attached hydrogens (tertiary/aromatic N) is 2. The van der Waals surface area contributed by atoms with Crippen LogP contribution in [0, 0.1) is 0 Å². The Hall–Kier alpha value is -1.16. The largest absolute Gasteiger partial charge is 0.374 e. The number of hydrogen-bond acceptors (Lipinski definition) is 3. The third-order valence-electron chi connectivity index (χ3n) is 2.56. The van der Waals surface area contributed by atoms with E-state index in [1.54, 1.807) is 7.11 Å². The van der Waals surface area contributed by atoms with Crippen LogP contribution in [0.15, 0.2) is 12.3 Å². The molecule has 0 fully saturated rings. The topological polar surface area (TPSA) is 44.1 Å². The van der Waals surface area contributed by atoms with Crippen LogP contribution in [-0.2, 0) is 16.0 Å². The predicted octanol–water partition coefficient (Wildman–Crippen LogP) is 2.00. The first-order valence-corrected chi connectivity index (χ1v) is 5.68. The van der Waals surface area contributed by atoms with Crippen molar-refractivity contribution >= 4 is 5.78 Å². The summed E-state index contributed by atoms with van der Waals surface area (Å²) in [6.45, 7) is 6.06. The smallest absolute Gasteiger partial charge is 0.167 e. The van der Waals surface area contributed by atoms with Crippen LogP contribution in [0.3, 0.4) is 0 Å². The lowest BCUT2D eigenvalue weighted by atomic mass is 10.1. The van der Waals surface area contributed by atoms with Gasteiger partial charge in [0.15, 0.2) is 5.78 Å².